The van der Waals surface area contributed by atoms with Gasteiger partial charge in [-0.3, -0.25) is 0 Å². The summed E-state index contributed by atoms with van der Waals surface area (Å²) in [6.07, 6.45) is 7.90. The monoisotopic (exact) mass is 126 g/mol. The van der Waals surface area contributed by atoms with Crippen LogP contribution in [0.15, 0.2) is 0 Å². The maximum absolute atomic E-state index is 9.24. The molecular weight excluding hydrogens is 112 g/mol. The third-order valence-corrected chi connectivity index (χ3v) is 3.00. The molecule has 1 atom stereocenters. The molecule has 0 aromatic rings. The van der Waals surface area contributed by atoms with Crippen LogP contribution in [0.5, 0.6) is 0 Å². The molecule has 1 heteroatoms. The van der Waals surface area contributed by atoms with Crippen LogP contribution in [0.25, 0.3) is 0 Å². The first-order valence-electron chi connectivity index (χ1n) is 4.02. The largest absolute Gasteiger partial charge is 0.393 e. The maximum Gasteiger partial charge on any atom is 0.0603 e. The van der Waals surface area contributed by atoms with E-state index in [0.29, 0.717) is 5.41 Å². The Morgan fingerprint density at radius 2 is 1.67 bits per heavy atom. The summed E-state index contributed by atoms with van der Waals surface area (Å²) in [5.74, 6) is 0. The van der Waals surface area contributed by atoms with Gasteiger partial charge in [-0.05, 0) is 24.7 Å². The SMILES string of the molecule is O[C@H]1CC12CCCCC2. The van der Waals surface area contributed by atoms with Gasteiger partial charge in [0.05, 0.1) is 6.10 Å². The fourth-order valence-electron chi connectivity index (χ4n) is 2.12. The molecule has 0 aliphatic heterocycles. The van der Waals surface area contributed by atoms with Gasteiger partial charge in [-0.25, -0.2) is 0 Å². The van der Waals surface area contributed by atoms with Gasteiger partial charge >= 0.3 is 0 Å². The standard InChI is InChI=1S/C8H14O/c9-7-6-8(7)4-2-1-3-5-8/h7,9H,1-6H2/t7-/m0/s1. The topological polar surface area (TPSA) is 20.2 Å². The Bertz CT molecular complexity index is 114. The molecule has 9 heavy (non-hydrogen) atoms. The fraction of sp³-hybridized carbons (Fsp3) is 1.00. The normalized spacial score (nSPS) is 39.0. The van der Waals surface area contributed by atoms with Crippen LogP contribution in [0.3, 0.4) is 0 Å². The first-order chi connectivity index (χ1) is 4.33. The first-order valence-corrected chi connectivity index (χ1v) is 4.02. The van der Waals surface area contributed by atoms with E-state index in [2.05, 4.69) is 0 Å². The summed E-state index contributed by atoms with van der Waals surface area (Å²) in [6.45, 7) is 0. The van der Waals surface area contributed by atoms with Gasteiger partial charge in [0.2, 0.25) is 0 Å². The predicted octanol–water partition coefficient (Wildman–Crippen LogP) is 1.70. The van der Waals surface area contributed by atoms with Crippen LogP contribution < -0.4 is 0 Å². The summed E-state index contributed by atoms with van der Waals surface area (Å²) >= 11 is 0. The highest BCUT2D eigenvalue weighted by molar-refractivity contribution is 5.03. The minimum absolute atomic E-state index is 0.0813. The molecule has 1 spiro atoms. The summed E-state index contributed by atoms with van der Waals surface area (Å²) in [6, 6.07) is 0. The van der Waals surface area contributed by atoms with Crippen LogP contribution in [0.2, 0.25) is 0 Å². The lowest BCUT2D eigenvalue weighted by Gasteiger charge is -2.20. The van der Waals surface area contributed by atoms with Crippen LogP contribution in [-0.2, 0) is 0 Å². The van der Waals surface area contributed by atoms with Crippen molar-refractivity contribution < 1.29 is 5.11 Å². The lowest BCUT2D eigenvalue weighted by Crippen LogP contribution is -2.10. The molecular formula is C8H14O. The van der Waals surface area contributed by atoms with E-state index in [-0.39, 0.29) is 6.10 Å². The number of aliphatic hydroxyl groups is 1. The molecule has 1 nitrogen and oxygen atoms in total. The Morgan fingerprint density at radius 1 is 1.11 bits per heavy atom. The molecule has 2 aliphatic rings. The van der Waals surface area contributed by atoms with E-state index >= 15 is 0 Å². The van der Waals surface area contributed by atoms with Crippen LogP contribution in [0, 0.1) is 5.41 Å². The van der Waals surface area contributed by atoms with Crippen molar-refractivity contribution in [2.24, 2.45) is 5.41 Å². The van der Waals surface area contributed by atoms with Gasteiger partial charge in [0.25, 0.3) is 0 Å². The summed E-state index contributed by atoms with van der Waals surface area (Å²) in [4.78, 5) is 0. The van der Waals surface area contributed by atoms with Crippen molar-refractivity contribution in [1.82, 2.24) is 0 Å². The van der Waals surface area contributed by atoms with Crippen LogP contribution in [-0.4, -0.2) is 11.2 Å². The smallest absolute Gasteiger partial charge is 0.0603 e. The van der Waals surface area contributed by atoms with E-state index in [1.165, 1.54) is 32.1 Å². The number of rotatable bonds is 0. The van der Waals surface area contributed by atoms with Gasteiger partial charge in [0.1, 0.15) is 0 Å². The fourth-order valence-corrected chi connectivity index (χ4v) is 2.12. The van der Waals surface area contributed by atoms with Gasteiger partial charge in [0, 0.05) is 0 Å². The highest BCUT2D eigenvalue weighted by atomic mass is 16.3. The molecule has 0 unspecified atom stereocenters. The maximum atomic E-state index is 9.24. The molecule has 0 bridgehead atoms. The molecule has 0 heterocycles. The summed E-state index contributed by atoms with van der Waals surface area (Å²) < 4.78 is 0. The summed E-state index contributed by atoms with van der Waals surface area (Å²) in [5.41, 5.74) is 0.443. The molecule has 0 aromatic heterocycles. The molecule has 2 aliphatic carbocycles. The van der Waals surface area contributed by atoms with Crippen molar-refractivity contribution >= 4 is 0 Å². The summed E-state index contributed by atoms with van der Waals surface area (Å²) in [5, 5.41) is 9.24. The lowest BCUT2D eigenvalue weighted by atomic mass is 9.86. The van der Waals surface area contributed by atoms with Crippen molar-refractivity contribution in [1.29, 1.82) is 0 Å². The van der Waals surface area contributed by atoms with Crippen molar-refractivity contribution in [2.75, 3.05) is 0 Å². The third kappa shape index (κ3) is 0.787. The number of aliphatic hydroxyl groups excluding tert-OH is 1. The van der Waals surface area contributed by atoms with Crippen molar-refractivity contribution in [2.45, 2.75) is 44.6 Å². The zero-order chi connectivity index (χ0) is 6.32. The van der Waals surface area contributed by atoms with Crippen molar-refractivity contribution in [3.63, 3.8) is 0 Å². The van der Waals surface area contributed by atoms with E-state index in [4.69, 9.17) is 0 Å². The zero-order valence-electron chi connectivity index (χ0n) is 5.77. The Hall–Kier alpha value is -0.0400. The Morgan fingerprint density at radius 3 is 2.00 bits per heavy atom. The van der Waals surface area contributed by atoms with Gasteiger partial charge < -0.3 is 5.11 Å². The summed E-state index contributed by atoms with van der Waals surface area (Å²) in [7, 11) is 0. The van der Waals surface area contributed by atoms with Crippen molar-refractivity contribution in [3.05, 3.63) is 0 Å². The minimum atomic E-state index is 0.0813. The van der Waals surface area contributed by atoms with E-state index in [1.807, 2.05) is 0 Å². The molecule has 0 saturated heterocycles. The minimum Gasteiger partial charge on any atom is -0.393 e. The van der Waals surface area contributed by atoms with Gasteiger partial charge in [-0.15, -0.1) is 0 Å². The molecule has 2 fully saturated rings. The lowest BCUT2D eigenvalue weighted by molar-refractivity contribution is 0.186. The zero-order valence-corrected chi connectivity index (χ0v) is 5.77. The number of hydrogen-bond acceptors (Lipinski definition) is 1. The molecule has 2 rings (SSSR count). The Kier molecular flexibility index (Phi) is 1.10. The van der Waals surface area contributed by atoms with Gasteiger partial charge in [-0.1, -0.05) is 19.3 Å². The van der Waals surface area contributed by atoms with E-state index in [1.54, 1.807) is 0 Å². The van der Waals surface area contributed by atoms with Crippen molar-refractivity contribution in [3.8, 4) is 0 Å². The highest BCUT2D eigenvalue weighted by Crippen LogP contribution is 2.56. The van der Waals surface area contributed by atoms with Gasteiger partial charge in [0.15, 0.2) is 0 Å². The Labute approximate surface area is 56.1 Å². The molecule has 1 N–H and O–H groups in total. The first kappa shape index (κ1) is 5.72. The average Bonchev–Trinajstić information content (AvgIpc) is 2.44. The predicted molar refractivity (Wildman–Crippen MR) is 36.1 cm³/mol. The second-order valence-electron chi connectivity index (χ2n) is 3.64. The highest BCUT2D eigenvalue weighted by Gasteiger charge is 2.52. The quantitative estimate of drug-likeness (QED) is 0.523. The number of hydrogen-bond donors (Lipinski definition) is 1. The van der Waals surface area contributed by atoms with Crippen LogP contribution in [0.1, 0.15) is 38.5 Å². The van der Waals surface area contributed by atoms with E-state index < -0.39 is 0 Å². The van der Waals surface area contributed by atoms with E-state index in [0.717, 1.165) is 6.42 Å². The second kappa shape index (κ2) is 1.72. The molecule has 0 aromatic carbocycles. The average molecular weight is 126 g/mol. The second-order valence-corrected chi connectivity index (χ2v) is 3.64. The van der Waals surface area contributed by atoms with Crippen LogP contribution >= 0.6 is 0 Å². The van der Waals surface area contributed by atoms with E-state index in [9.17, 15) is 5.11 Å². The van der Waals surface area contributed by atoms with Gasteiger partial charge in [-0.2, -0.15) is 0 Å². The molecule has 0 amide bonds. The molecule has 0 radical (unpaired) electrons. The molecule has 2 saturated carbocycles. The third-order valence-electron chi connectivity index (χ3n) is 3.00. The molecule has 52 valence electrons. The van der Waals surface area contributed by atoms with Crippen LogP contribution in [0.4, 0.5) is 0 Å². The Balaban J connectivity index is 1.97.